The maximum absolute atomic E-state index is 13.8. The van der Waals surface area contributed by atoms with Gasteiger partial charge in [-0.15, -0.1) is 11.8 Å². The normalized spacial score (nSPS) is 11.7. The van der Waals surface area contributed by atoms with Crippen LogP contribution in [-0.4, -0.2) is 36.9 Å². The Morgan fingerprint density at radius 2 is 1.38 bits per heavy atom. The first-order valence-corrected chi connectivity index (χ1v) is 18.4. The van der Waals surface area contributed by atoms with Crippen LogP contribution < -0.4 is 25.4 Å². The summed E-state index contributed by atoms with van der Waals surface area (Å²) in [5.74, 6) is 0.331. The third-order valence-corrected chi connectivity index (χ3v) is 9.93. The van der Waals surface area contributed by atoms with Crippen LogP contribution in [0.4, 0.5) is 11.4 Å². The molecule has 0 fully saturated rings. The number of hydrogen-bond acceptors (Lipinski definition) is 8. The molecule has 3 amide bonds. The van der Waals surface area contributed by atoms with Gasteiger partial charge in [0.05, 0.1) is 14.2 Å². The van der Waals surface area contributed by atoms with Gasteiger partial charge in [0.1, 0.15) is 28.0 Å². The van der Waals surface area contributed by atoms with Crippen molar-refractivity contribution in [1.82, 2.24) is 10.3 Å². The molecule has 6 aromatic carbocycles. The van der Waals surface area contributed by atoms with E-state index in [0.29, 0.717) is 45.5 Å². The van der Waals surface area contributed by atoms with E-state index >= 15 is 0 Å². The van der Waals surface area contributed by atoms with Gasteiger partial charge in [0.2, 0.25) is 11.8 Å². The van der Waals surface area contributed by atoms with Crippen LogP contribution >= 0.6 is 11.8 Å². The summed E-state index contributed by atoms with van der Waals surface area (Å²) in [5.41, 5.74) is 5.12. The highest BCUT2D eigenvalue weighted by molar-refractivity contribution is 8.00. The van der Waals surface area contributed by atoms with E-state index in [4.69, 9.17) is 13.9 Å². The summed E-state index contributed by atoms with van der Waals surface area (Å²) in [7, 11) is 3.06. The molecule has 1 unspecified atom stereocenters. The smallest absolute Gasteiger partial charge is 0.272 e. The lowest BCUT2D eigenvalue weighted by Gasteiger charge is -2.18. The third-order valence-electron chi connectivity index (χ3n) is 8.67. The lowest BCUT2D eigenvalue weighted by Crippen LogP contribution is -2.30. The van der Waals surface area contributed by atoms with Crippen molar-refractivity contribution in [2.75, 3.05) is 24.9 Å². The Morgan fingerprint density at radius 3 is 2.07 bits per heavy atom. The van der Waals surface area contributed by atoms with Gasteiger partial charge in [-0.3, -0.25) is 14.4 Å². The van der Waals surface area contributed by atoms with Crippen LogP contribution in [0.25, 0.3) is 28.6 Å². The number of hydrogen-bond donors (Lipinski definition) is 3. The zero-order valence-corrected chi connectivity index (χ0v) is 31.2. The zero-order chi connectivity index (χ0) is 38.9. The number of rotatable bonds is 13. The summed E-state index contributed by atoms with van der Waals surface area (Å²) in [6.07, 6.45) is 1.54. The Hall–Kier alpha value is -7.11. The molecule has 0 saturated heterocycles. The van der Waals surface area contributed by atoms with Crippen molar-refractivity contribution in [1.29, 1.82) is 0 Å². The SMILES string of the molecule is COc1ccc(OC)c(/C=C(\NC(=O)c2ccccc2)C(=O)Nc2ccc(SC(C(=O)Nc3ccc(-c4nc5ccccc5o4)cc3)c3ccccc3)cc2)c1. The van der Waals surface area contributed by atoms with Gasteiger partial charge < -0.3 is 29.8 Å². The molecule has 7 aromatic rings. The highest BCUT2D eigenvalue weighted by Gasteiger charge is 2.23. The quantitative estimate of drug-likeness (QED) is 0.0783. The molecule has 0 spiro atoms. The standard InChI is InChI=1S/C45H36N4O6S/c1-53-35-23-26-39(54-2)32(27-35)28-38(48-42(50)30-13-7-4-8-14-30)43(51)46-34-21-24-36(25-22-34)56-41(29-11-5-3-6-12-29)44(52)47-33-19-17-31(18-20-33)45-49-37-15-9-10-16-40(37)55-45/h3-28,41H,1-2H3,(H,46,51)(H,47,52)(H,48,50)/b38-28-. The molecule has 0 aliphatic heterocycles. The lowest BCUT2D eigenvalue weighted by molar-refractivity contribution is -0.116. The minimum Gasteiger partial charge on any atom is -0.497 e. The first kappa shape index (κ1) is 37.2. The number of nitrogens with one attached hydrogen (secondary N) is 3. The van der Waals surface area contributed by atoms with Crippen LogP contribution in [0.3, 0.4) is 0 Å². The average molecular weight is 761 g/mol. The first-order valence-electron chi connectivity index (χ1n) is 17.6. The fourth-order valence-corrected chi connectivity index (χ4v) is 6.83. The molecule has 0 radical (unpaired) electrons. The molecule has 0 saturated carbocycles. The monoisotopic (exact) mass is 760 g/mol. The maximum Gasteiger partial charge on any atom is 0.272 e. The number of methoxy groups -OCH3 is 2. The van der Waals surface area contributed by atoms with Crippen molar-refractivity contribution in [3.8, 4) is 23.0 Å². The molecule has 1 atom stereocenters. The predicted octanol–water partition coefficient (Wildman–Crippen LogP) is 9.39. The second-order valence-corrected chi connectivity index (χ2v) is 13.6. The topological polar surface area (TPSA) is 132 Å². The summed E-state index contributed by atoms with van der Waals surface area (Å²) in [4.78, 5) is 46.1. The van der Waals surface area contributed by atoms with Crippen molar-refractivity contribution in [2.24, 2.45) is 0 Å². The van der Waals surface area contributed by atoms with E-state index in [1.165, 1.54) is 32.1 Å². The molecule has 3 N–H and O–H groups in total. The van der Waals surface area contributed by atoms with Gasteiger partial charge in [0.25, 0.3) is 11.8 Å². The number of benzene rings is 6. The van der Waals surface area contributed by atoms with E-state index < -0.39 is 17.1 Å². The first-order chi connectivity index (χ1) is 27.4. The van der Waals surface area contributed by atoms with Crippen LogP contribution in [-0.2, 0) is 9.59 Å². The molecule has 278 valence electrons. The summed E-state index contributed by atoms with van der Waals surface area (Å²) in [5, 5.41) is 8.10. The summed E-state index contributed by atoms with van der Waals surface area (Å²) in [6, 6.07) is 45.4. The van der Waals surface area contributed by atoms with Gasteiger partial charge in [-0.2, -0.15) is 0 Å². The Kier molecular flexibility index (Phi) is 11.5. The molecule has 56 heavy (non-hydrogen) atoms. The number of nitrogens with zero attached hydrogens (tertiary/aromatic N) is 1. The second kappa shape index (κ2) is 17.4. The number of fused-ring (bicyclic) bond motifs is 1. The number of thioether (sulfide) groups is 1. The highest BCUT2D eigenvalue weighted by atomic mass is 32.2. The van der Waals surface area contributed by atoms with Gasteiger partial charge in [-0.25, -0.2) is 4.98 Å². The zero-order valence-electron chi connectivity index (χ0n) is 30.4. The third kappa shape index (κ3) is 8.98. The Bertz CT molecular complexity index is 2470. The van der Waals surface area contributed by atoms with Crippen LogP contribution in [0, 0.1) is 0 Å². The van der Waals surface area contributed by atoms with Crippen molar-refractivity contribution < 1.29 is 28.3 Å². The van der Waals surface area contributed by atoms with Crippen molar-refractivity contribution >= 4 is 58.0 Å². The molecule has 1 heterocycles. The number of para-hydroxylation sites is 2. The fourth-order valence-electron chi connectivity index (χ4n) is 5.80. The van der Waals surface area contributed by atoms with E-state index in [-0.39, 0.29) is 11.6 Å². The maximum atomic E-state index is 13.8. The van der Waals surface area contributed by atoms with Gasteiger partial charge >= 0.3 is 0 Å². The molecule has 7 rings (SSSR count). The molecule has 0 aliphatic carbocycles. The molecule has 1 aromatic heterocycles. The van der Waals surface area contributed by atoms with Crippen LogP contribution in [0.5, 0.6) is 11.5 Å². The molecular weight excluding hydrogens is 725 g/mol. The molecular formula is C45H36N4O6S. The molecule has 11 heteroatoms. The number of anilines is 2. The van der Waals surface area contributed by atoms with Crippen LogP contribution in [0.2, 0.25) is 0 Å². The van der Waals surface area contributed by atoms with E-state index in [9.17, 15) is 14.4 Å². The highest BCUT2D eigenvalue weighted by Crippen LogP contribution is 2.37. The van der Waals surface area contributed by atoms with Crippen molar-refractivity contribution in [3.63, 3.8) is 0 Å². The summed E-state index contributed by atoms with van der Waals surface area (Å²) < 4.78 is 16.8. The number of amides is 3. The number of ether oxygens (including phenoxy) is 2. The number of carbonyl (C=O) groups excluding carboxylic acids is 3. The lowest BCUT2D eigenvalue weighted by atomic mass is 10.1. The molecule has 10 nitrogen and oxygen atoms in total. The number of aromatic nitrogens is 1. The minimum absolute atomic E-state index is 0.00782. The largest absolute Gasteiger partial charge is 0.497 e. The number of oxazole rings is 1. The Labute approximate surface area is 327 Å². The predicted molar refractivity (Wildman–Crippen MR) is 220 cm³/mol. The Balaban J connectivity index is 1.07. The van der Waals surface area contributed by atoms with Crippen LogP contribution in [0.1, 0.15) is 26.7 Å². The van der Waals surface area contributed by atoms with E-state index in [0.717, 1.165) is 21.5 Å². The number of carbonyl (C=O) groups is 3. The summed E-state index contributed by atoms with van der Waals surface area (Å²) >= 11 is 1.38. The van der Waals surface area contributed by atoms with Gasteiger partial charge in [0, 0.05) is 33.0 Å². The second-order valence-electron chi connectivity index (χ2n) is 12.4. The fraction of sp³-hybridized carbons (Fsp3) is 0.0667. The van der Waals surface area contributed by atoms with Crippen molar-refractivity contribution in [2.45, 2.75) is 10.1 Å². The average Bonchev–Trinajstić information content (AvgIpc) is 3.68. The van der Waals surface area contributed by atoms with E-state index in [1.807, 2.05) is 91.0 Å². The summed E-state index contributed by atoms with van der Waals surface area (Å²) in [6.45, 7) is 0. The van der Waals surface area contributed by atoms with Gasteiger partial charge in [-0.05, 0) is 103 Å². The molecule has 0 aliphatic rings. The van der Waals surface area contributed by atoms with Gasteiger partial charge in [0.15, 0.2) is 5.58 Å². The molecule has 0 bridgehead atoms. The Morgan fingerprint density at radius 1 is 0.714 bits per heavy atom. The minimum atomic E-state index is -0.589. The van der Waals surface area contributed by atoms with Gasteiger partial charge in [-0.1, -0.05) is 60.7 Å². The van der Waals surface area contributed by atoms with E-state index in [2.05, 4.69) is 20.9 Å². The van der Waals surface area contributed by atoms with Crippen molar-refractivity contribution in [3.05, 3.63) is 174 Å². The van der Waals surface area contributed by atoms with E-state index in [1.54, 1.807) is 60.7 Å². The van der Waals surface area contributed by atoms with Crippen LogP contribution in [0.15, 0.2) is 167 Å².